The lowest BCUT2D eigenvalue weighted by molar-refractivity contribution is -0.146. The van der Waals surface area contributed by atoms with Gasteiger partial charge in [0.15, 0.2) is 0 Å². The number of esters is 2. The van der Waals surface area contributed by atoms with Crippen LogP contribution in [-0.2, 0) is 19.1 Å². The minimum absolute atomic E-state index is 0.327. The van der Waals surface area contributed by atoms with Gasteiger partial charge in [-0.15, -0.1) is 0 Å². The van der Waals surface area contributed by atoms with Gasteiger partial charge in [-0.1, -0.05) is 11.8 Å². The molecule has 76 valence electrons. The molecule has 13 heavy (non-hydrogen) atoms. The van der Waals surface area contributed by atoms with Gasteiger partial charge in [-0.25, -0.2) is 9.59 Å². The fourth-order valence-electron chi connectivity index (χ4n) is 0.435. The first-order chi connectivity index (χ1) is 6.02. The van der Waals surface area contributed by atoms with Crippen LogP contribution < -0.4 is 0 Å². The molecule has 0 fully saturated rings. The summed E-state index contributed by atoms with van der Waals surface area (Å²) < 4.78 is 8.31. The Bertz CT molecular complexity index is 174. The number of hydrogen-bond acceptors (Lipinski definition) is 7. The molecule has 0 heterocycles. The first-order valence-corrected chi connectivity index (χ1v) is 4.14. The first kappa shape index (κ1) is 12.2. The third-order valence-corrected chi connectivity index (χ3v) is 1.96. The predicted molar refractivity (Wildman–Crippen MR) is 43.6 cm³/mol. The molecule has 0 aromatic carbocycles. The van der Waals surface area contributed by atoms with Crippen LogP contribution in [0.3, 0.4) is 0 Å². The van der Waals surface area contributed by atoms with Gasteiger partial charge in [-0.3, -0.25) is 0 Å². The van der Waals surface area contributed by atoms with Crippen molar-refractivity contribution in [3.05, 3.63) is 0 Å². The molecule has 0 aliphatic heterocycles. The molecule has 0 aliphatic rings. The molecular formula is C6H10O6S. The van der Waals surface area contributed by atoms with Crippen LogP contribution in [0.4, 0.5) is 0 Å². The van der Waals surface area contributed by atoms with Crippen molar-refractivity contribution in [3.63, 3.8) is 0 Å². The number of carbonyl (C=O) groups excluding carboxylic acids is 2. The highest BCUT2D eigenvalue weighted by molar-refractivity contribution is 8.01. The summed E-state index contributed by atoms with van der Waals surface area (Å²) in [7, 11) is 2.16. The summed E-state index contributed by atoms with van der Waals surface area (Å²) in [6.45, 7) is 0. The van der Waals surface area contributed by atoms with E-state index in [-0.39, 0.29) is 0 Å². The molecule has 0 unspecified atom stereocenters. The van der Waals surface area contributed by atoms with E-state index in [1.165, 1.54) is 0 Å². The maximum atomic E-state index is 10.6. The zero-order valence-corrected chi connectivity index (χ0v) is 7.91. The number of rotatable bonds is 4. The molecule has 0 bridgehead atoms. The van der Waals surface area contributed by atoms with Crippen molar-refractivity contribution in [2.24, 2.45) is 0 Å². The second-order valence-corrected chi connectivity index (χ2v) is 3.05. The minimum Gasteiger partial charge on any atom is -0.466 e. The van der Waals surface area contributed by atoms with Crippen molar-refractivity contribution >= 4 is 23.7 Å². The summed E-state index contributed by atoms with van der Waals surface area (Å²) in [4.78, 5) is 21.2. The molecule has 0 radical (unpaired) electrons. The van der Waals surface area contributed by atoms with Crippen LogP contribution >= 0.6 is 11.8 Å². The van der Waals surface area contributed by atoms with Gasteiger partial charge in [0.05, 0.1) is 14.2 Å². The number of hydrogen-bond donors (Lipinski definition) is 2. The monoisotopic (exact) mass is 210 g/mol. The summed E-state index contributed by atoms with van der Waals surface area (Å²) >= 11 is 0.327. The lowest BCUT2D eigenvalue weighted by atomic mass is 10.7. The van der Waals surface area contributed by atoms with E-state index in [1.54, 1.807) is 0 Å². The molecule has 0 aromatic rings. The van der Waals surface area contributed by atoms with Crippen molar-refractivity contribution in [2.75, 3.05) is 14.2 Å². The number of thioether (sulfide) groups is 1. The average Bonchev–Trinajstić information content (AvgIpc) is 2.14. The Morgan fingerprint density at radius 2 is 1.38 bits per heavy atom. The Hall–Kier alpha value is -0.790. The number of carbonyl (C=O) groups is 2. The first-order valence-electron chi connectivity index (χ1n) is 3.20. The number of ether oxygens (including phenoxy) is 2. The lowest BCUT2D eigenvalue weighted by Gasteiger charge is -2.11. The maximum Gasteiger partial charge on any atom is 0.345 e. The molecule has 0 rings (SSSR count). The smallest absolute Gasteiger partial charge is 0.345 e. The van der Waals surface area contributed by atoms with Crippen LogP contribution in [0.2, 0.25) is 0 Å². The van der Waals surface area contributed by atoms with E-state index in [4.69, 9.17) is 10.2 Å². The number of methoxy groups -OCH3 is 2. The number of aliphatic hydroxyl groups excluding tert-OH is 2. The molecule has 7 heteroatoms. The minimum atomic E-state index is -1.60. The Morgan fingerprint density at radius 1 is 1.08 bits per heavy atom. The van der Waals surface area contributed by atoms with Crippen molar-refractivity contribution in [3.8, 4) is 0 Å². The van der Waals surface area contributed by atoms with Gasteiger partial charge in [-0.05, 0) is 0 Å². The Kier molecular flexibility index (Phi) is 5.44. The molecule has 0 aliphatic carbocycles. The molecule has 2 N–H and O–H groups in total. The molecule has 0 amide bonds. The molecule has 2 atom stereocenters. The van der Waals surface area contributed by atoms with E-state index in [9.17, 15) is 9.59 Å². The zero-order chi connectivity index (χ0) is 10.4. The summed E-state index contributed by atoms with van der Waals surface area (Å²) in [5.41, 5.74) is -3.20. The normalized spacial score (nSPS) is 14.5. The Labute approximate surface area is 78.8 Å². The third-order valence-electron chi connectivity index (χ3n) is 1.06. The fourth-order valence-corrected chi connectivity index (χ4v) is 1.09. The summed E-state index contributed by atoms with van der Waals surface area (Å²) in [6.07, 6.45) is 0. The van der Waals surface area contributed by atoms with Crippen LogP contribution in [0, 0.1) is 0 Å². The van der Waals surface area contributed by atoms with E-state index in [0.29, 0.717) is 11.8 Å². The largest absolute Gasteiger partial charge is 0.466 e. The highest BCUT2D eigenvalue weighted by Gasteiger charge is 2.25. The van der Waals surface area contributed by atoms with Gasteiger partial charge >= 0.3 is 11.9 Å². The van der Waals surface area contributed by atoms with E-state index in [0.717, 1.165) is 14.2 Å². The summed E-state index contributed by atoms with van der Waals surface area (Å²) in [6, 6.07) is 0. The van der Waals surface area contributed by atoms with Crippen molar-refractivity contribution < 1.29 is 29.3 Å². The van der Waals surface area contributed by atoms with E-state index in [1.807, 2.05) is 0 Å². The van der Waals surface area contributed by atoms with Crippen LogP contribution in [0.1, 0.15) is 0 Å². The van der Waals surface area contributed by atoms with Crippen LogP contribution in [0.5, 0.6) is 0 Å². The van der Waals surface area contributed by atoms with Gasteiger partial charge in [0.2, 0.25) is 10.9 Å². The lowest BCUT2D eigenvalue weighted by Crippen LogP contribution is -2.26. The number of aliphatic hydroxyl groups is 2. The Balaban J connectivity index is 3.98. The molecule has 0 aromatic heterocycles. The van der Waals surface area contributed by atoms with Gasteiger partial charge < -0.3 is 19.7 Å². The van der Waals surface area contributed by atoms with E-state index < -0.39 is 22.8 Å². The van der Waals surface area contributed by atoms with Gasteiger partial charge in [-0.2, -0.15) is 0 Å². The highest BCUT2D eigenvalue weighted by Crippen LogP contribution is 2.15. The quantitative estimate of drug-likeness (QED) is 0.440. The highest BCUT2D eigenvalue weighted by atomic mass is 32.2. The van der Waals surface area contributed by atoms with Crippen molar-refractivity contribution in [1.82, 2.24) is 0 Å². The molecule has 6 nitrogen and oxygen atoms in total. The average molecular weight is 210 g/mol. The van der Waals surface area contributed by atoms with Gasteiger partial charge in [0, 0.05) is 0 Å². The SMILES string of the molecule is COC(=O)[C@H](O)S[C@H](O)C(=O)OC. The summed E-state index contributed by atoms with van der Waals surface area (Å²) in [5.74, 6) is -1.87. The van der Waals surface area contributed by atoms with Crippen molar-refractivity contribution in [1.29, 1.82) is 0 Å². The zero-order valence-electron chi connectivity index (χ0n) is 7.09. The van der Waals surface area contributed by atoms with Gasteiger partial charge in [0.1, 0.15) is 0 Å². The van der Waals surface area contributed by atoms with Crippen LogP contribution in [-0.4, -0.2) is 47.2 Å². The topological polar surface area (TPSA) is 93.1 Å². The van der Waals surface area contributed by atoms with E-state index in [2.05, 4.69) is 9.47 Å². The van der Waals surface area contributed by atoms with Crippen molar-refractivity contribution in [2.45, 2.75) is 10.9 Å². The second kappa shape index (κ2) is 5.79. The van der Waals surface area contributed by atoms with Crippen LogP contribution in [0.15, 0.2) is 0 Å². The van der Waals surface area contributed by atoms with Crippen LogP contribution in [0.25, 0.3) is 0 Å². The Morgan fingerprint density at radius 3 is 1.62 bits per heavy atom. The standard InChI is InChI=1S/C6H10O6S/c1-11-3(7)5(9)13-6(10)4(8)12-2/h5-6,9-10H,1-2H3/t5-,6+. The molecular weight excluding hydrogens is 200 g/mol. The maximum absolute atomic E-state index is 10.6. The fraction of sp³-hybridized carbons (Fsp3) is 0.667. The molecule has 0 spiro atoms. The van der Waals surface area contributed by atoms with E-state index >= 15 is 0 Å². The molecule has 0 saturated carbocycles. The molecule has 0 saturated heterocycles. The van der Waals surface area contributed by atoms with Gasteiger partial charge in [0.25, 0.3) is 0 Å². The third kappa shape index (κ3) is 4.11. The summed E-state index contributed by atoms with van der Waals surface area (Å²) in [5, 5.41) is 17.9. The second-order valence-electron chi connectivity index (χ2n) is 1.89. The predicted octanol–water partition coefficient (Wildman–Crippen LogP) is -1.30.